The highest BCUT2D eigenvalue weighted by molar-refractivity contribution is 6.31. The van der Waals surface area contributed by atoms with Gasteiger partial charge in [0, 0.05) is 31.2 Å². The van der Waals surface area contributed by atoms with Crippen molar-refractivity contribution in [1.29, 1.82) is 0 Å². The van der Waals surface area contributed by atoms with Crippen molar-refractivity contribution < 1.29 is 19.1 Å². The van der Waals surface area contributed by atoms with Crippen LogP contribution in [0, 0.1) is 0 Å². The fourth-order valence-electron chi connectivity index (χ4n) is 3.33. The molecule has 28 heavy (non-hydrogen) atoms. The summed E-state index contributed by atoms with van der Waals surface area (Å²) in [6.45, 7) is 2.03. The molecule has 6 nitrogen and oxygen atoms in total. The summed E-state index contributed by atoms with van der Waals surface area (Å²) in [6, 6.07) is 12.2. The second kappa shape index (κ2) is 8.97. The minimum Gasteiger partial charge on any atom is -0.496 e. The maximum Gasteiger partial charge on any atom is 0.257 e. The van der Waals surface area contributed by atoms with Crippen LogP contribution in [-0.2, 0) is 0 Å². The molecule has 0 aromatic heterocycles. The van der Waals surface area contributed by atoms with E-state index < -0.39 is 0 Å². The Morgan fingerprint density at radius 3 is 2.04 bits per heavy atom. The van der Waals surface area contributed by atoms with E-state index in [0.29, 0.717) is 60.2 Å². The average molecular weight is 403 g/mol. The first kappa shape index (κ1) is 20.0. The third-order valence-electron chi connectivity index (χ3n) is 4.80. The molecule has 0 aliphatic carbocycles. The summed E-state index contributed by atoms with van der Waals surface area (Å²) in [5, 5.41) is 0.479. The first-order valence-corrected chi connectivity index (χ1v) is 9.48. The molecule has 1 aliphatic heterocycles. The Morgan fingerprint density at radius 2 is 1.39 bits per heavy atom. The van der Waals surface area contributed by atoms with Crippen LogP contribution in [0.2, 0.25) is 5.02 Å². The minimum absolute atomic E-state index is 0.0907. The van der Waals surface area contributed by atoms with E-state index in [4.69, 9.17) is 21.1 Å². The van der Waals surface area contributed by atoms with Gasteiger partial charge in [-0.1, -0.05) is 23.7 Å². The van der Waals surface area contributed by atoms with Crippen LogP contribution in [0.3, 0.4) is 0 Å². The lowest BCUT2D eigenvalue weighted by Gasteiger charge is -2.23. The second-order valence-corrected chi connectivity index (χ2v) is 6.92. The van der Waals surface area contributed by atoms with Crippen LogP contribution in [0.5, 0.6) is 11.5 Å². The quantitative estimate of drug-likeness (QED) is 0.787. The molecule has 2 aromatic rings. The van der Waals surface area contributed by atoms with Gasteiger partial charge in [-0.05, 0) is 36.8 Å². The van der Waals surface area contributed by atoms with Crippen LogP contribution in [0.1, 0.15) is 27.1 Å². The Balaban J connectivity index is 1.74. The first-order valence-electron chi connectivity index (χ1n) is 9.10. The summed E-state index contributed by atoms with van der Waals surface area (Å²) < 4.78 is 10.6. The fraction of sp³-hybridized carbons (Fsp3) is 0.333. The molecule has 148 valence electrons. The molecule has 0 unspecified atom stereocenters. The van der Waals surface area contributed by atoms with Gasteiger partial charge in [-0.25, -0.2) is 0 Å². The number of hydrogen-bond donors (Lipinski definition) is 0. The number of para-hydroxylation sites is 1. The van der Waals surface area contributed by atoms with Gasteiger partial charge in [-0.2, -0.15) is 0 Å². The number of carbonyl (C=O) groups is 2. The molecule has 0 saturated carbocycles. The van der Waals surface area contributed by atoms with Gasteiger partial charge >= 0.3 is 0 Å². The van der Waals surface area contributed by atoms with Gasteiger partial charge in [0.25, 0.3) is 11.8 Å². The van der Waals surface area contributed by atoms with Crippen LogP contribution >= 0.6 is 11.6 Å². The predicted octanol–water partition coefficient (Wildman–Crippen LogP) is 3.35. The Bertz CT molecular complexity index is 871. The largest absolute Gasteiger partial charge is 0.496 e. The topological polar surface area (TPSA) is 59.1 Å². The number of halogens is 1. The van der Waals surface area contributed by atoms with E-state index in [2.05, 4.69) is 0 Å². The molecular formula is C21H23ClN2O4. The average Bonchev–Trinajstić information content (AvgIpc) is 2.99. The van der Waals surface area contributed by atoms with Gasteiger partial charge < -0.3 is 19.3 Å². The normalized spacial score (nSPS) is 14.4. The lowest BCUT2D eigenvalue weighted by Crippen LogP contribution is -2.37. The van der Waals surface area contributed by atoms with Gasteiger partial charge in [0.05, 0.1) is 25.3 Å². The number of rotatable bonds is 4. The molecule has 0 radical (unpaired) electrons. The van der Waals surface area contributed by atoms with E-state index in [9.17, 15) is 9.59 Å². The predicted molar refractivity (Wildman–Crippen MR) is 107 cm³/mol. The van der Waals surface area contributed by atoms with Gasteiger partial charge in [-0.15, -0.1) is 0 Å². The molecule has 2 amide bonds. The molecule has 7 heteroatoms. The zero-order valence-corrected chi connectivity index (χ0v) is 16.7. The second-order valence-electron chi connectivity index (χ2n) is 6.48. The van der Waals surface area contributed by atoms with Crippen molar-refractivity contribution in [3.63, 3.8) is 0 Å². The highest BCUT2D eigenvalue weighted by Crippen LogP contribution is 2.25. The van der Waals surface area contributed by atoms with Crippen molar-refractivity contribution in [3.8, 4) is 11.5 Å². The zero-order chi connectivity index (χ0) is 20.1. The molecule has 1 aliphatic rings. The highest BCUT2D eigenvalue weighted by atomic mass is 35.5. The van der Waals surface area contributed by atoms with Crippen molar-refractivity contribution in [1.82, 2.24) is 9.80 Å². The summed E-state index contributed by atoms with van der Waals surface area (Å²) in [4.78, 5) is 29.4. The van der Waals surface area contributed by atoms with E-state index in [1.165, 1.54) is 7.11 Å². The Kier molecular flexibility index (Phi) is 6.41. The molecule has 0 atom stereocenters. The van der Waals surface area contributed by atoms with E-state index in [1.54, 1.807) is 47.2 Å². The number of benzene rings is 2. The van der Waals surface area contributed by atoms with E-state index in [0.717, 1.165) is 0 Å². The Labute approximate surface area is 169 Å². The highest BCUT2D eigenvalue weighted by Gasteiger charge is 2.26. The molecule has 3 rings (SSSR count). The summed E-state index contributed by atoms with van der Waals surface area (Å²) >= 11 is 6.06. The SMILES string of the molecule is COc1ccccc1C(=O)N1CCCN(C(=O)c2cc(Cl)ccc2OC)CC1. The lowest BCUT2D eigenvalue weighted by atomic mass is 10.1. The number of carbonyl (C=O) groups excluding carboxylic acids is 2. The van der Waals surface area contributed by atoms with E-state index in [1.807, 2.05) is 12.1 Å². The van der Waals surface area contributed by atoms with Crippen molar-refractivity contribution in [2.75, 3.05) is 40.4 Å². The molecule has 0 spiro atoms. The molecule has 1 heterocycles. The van der Waals surface area contributed by atoms with Crippen LogP contribution < -0.4 is 9.47 Å². The number of ether oxygens (including phenoxy) is 2. The van der Waals surface area contributed by atoms with Crippen molar-refractivity contribution in [3.05, 3.63) is 58.6 Å². The Hall–Kier alpha value is -2.73. The van der Waals surface area contributed by atoms with Gasteiger partial charge in [0.15, 0.2) is 0 Å². The monoisotopic (exact) mass is 402 g/mol. The molecule has 2 aromatic carbocycles. The van der Waals surface area contributed by atoms with Crippen LogP contribution in [0.15, 0.2) is 42.5 Å². The number of amides is 2. The van der Waals surface area contributed by atoms with Crippen LogP contribution in [0.25, 0.3) is 0 Å². The number of hydrogen-bond acceptors (Lipinski definition) is 4. The zero-order valence-electron chi connectivity index (χ0n) is 16.0. The van der Waals surface area contributed by atoms with Gasteiger partial charge in [0.1, 0.15) is 11.5 Å². The maximum absolute atomic E-state index is 13.0. The first-order chi connectivity index (χ1) is 13.5. The molecule has 0 N–H and O–H groups in total. The van der Waals surface area contributed by atoms with Crippen LogP contribution in [-0.4, -0.2) is 62.0 Å². The van der Waals surface area contributed by atoms with Crippen molar-refractivity contribution in [2.45, 2.75) is 6.42 Å². The molecule has 0 bridgehead atoms. The number of nitrogens with zero attached hydrogens (tertiary/aromatic N) is 2. The van der Waals surface area contributed by atoms with Crippen LogP contribution in [0.4, 0.5) is 0 Å². The molecule has 1 fully saturated rings. The summed E-state index contributed by atoms with van der Waals surface area (Å²) in [5.74, 6) is 0.798. The summed E-state index contributed by atoms with van der Waals surface area (Å²) in [6.07, 6.45) is 0.690. The fourth-order valence-corrected chi connectivity index (χ4v) is 3.51. The lowest BCUT2D eigenvalue weighted by molar-refractivity contribution is 0.0715. The standard InChI is InChI=1S/C21H23ClN2O4/c1-27-18-7-4-3-6-16(18)20(25)23-10-5-11-24(13-12-23)21(26)17-14-15(22)8-9-19(17)28-2/h3-4,6-9,14H,5,10-13H2,1-2H3. The Morgan fingerprint density at radius 1 is 0.821 bits per heavy atom. The van der Waals surface area contributed by atoms with Crippen molar-refractivity contribution >= 4 is 23.4 Å². The summed E-state index contributed by atoms with van der Waals surface area (Å²) in [5.41, 5.74) is 0.959. The number of methoxy groups -OCH3 is 2. The van der Waals surface area contributed by atoms with Gasteiger partial charge in [0.2, 0.25) is 0 Å². The summed E-state index contributed by atoms with van der Waals surface area (Å²) in [7, 11) is 3.07. The van der Waals surface area contributed by atoms with Gasteiger partial charge in [-0.3, -0.25) is 9.59 Å². The van der Waals surface area contributed by atoms with E-state index in [-0.39, 0.29) is 11.8 Å². The smallest absolute Gasteiger partial charge is 0.257 e. The van der Waals surface area contributed by atoms with E-state index >= 15 is 0 Å². The third kappa shape index (κ3) is 4.22. The van der Waals surface area contributed by atoms with Crippen molar-refractivity contribution in [2.24, 2.45) is 0 Å². The maximum atomic E-state index is 13.0. The minimum atomic E-state index is -0.147. The third-order valence-corrected chi connectivity index (χ3v) is 5.03. The molecular weight excluding hydrogens is 380 g/mol. The molecule has 1 saturated heterocycles.